The first-order valence-corrected chi connectivity index (χ1v) is 22.4. The zero-order chi connectivity index (χ0) is 37.0. The third-order valence-electron chi connectivity index (χ3n) is 9.40. The minimum Gasteiger partial charge on any atom is -0.387 e. The molecule has 0 aliphatic rings. The number of carbonyl (C=O) groups is 1. The Morgan fingerprint density at radius 3 is 1.32 bits per heavy atom. The van der Waals surface area contributed by atoms with Gasteiger partial charge < -0.3 is 15.5 Å². The summed E-state index contributed by atoms with van der Waals surface area (Å²) < 4.78 is 32.4. The van der Waals surface area contributed by atoms with Gasteiger partial charge in [-0.05, 0) is 57.8 Å². The van der Waals surface area contributed by atoms with Crippen LogP contribution in [0.4, 0.5) is 0 Å². The maximum atomic E-state index is 12.6. The van der Waals surface area contributed by atoms with Crippen LogP contribution in [0.2, 0.25) is 0 Å². The summed E-state index contributed by atoms with van der Waals surface area (Å²) in [6.07, 6.45) is 43.5. The van der Waals surface area contributed by atoms with Crippen LogP contribution in [0.1, 0.15) is 200 Å². The molecule has 0 aromatic carbocycles. The molecule has 8 heteroatoms. The highest BCUT2D eigenvalue weighted by atomic mass is 32.2. The lowest BCUT2D eigenvalue weighted by Gasteiger charge is -2.22. The lowest BCUT2D eigenvalue weighted by Crippen LogP contribution is -2.50. The van der Waals surface area contributed by atoms with E-state index in [9.17, 15) is 28.0 Å². The lowest BCUT2D eigenvalue weighted by molar-refractivity contribution is -0.130. The van der Waals surface area contributed by atoms with Crippen LogP contribution in [-0.2, 0) is 14.9 Å². The molecule has 0 aromatic heterocycles. The Hall–Kier alpha value is -1.48. The molecule has 7 nitrogen and oxygen atoms in total. The maximum absolute atomic E-state index is 12.6. The second-order valence-electron chi connectivity index (χ2n) is 14.4. The van der Waals surface area contributed by atoms with E-state index in [0.29, 0.717) is 12.8 Å². The Kier molecular flexibility index (Phi) is 34.8. The van der Waals surface area contributed by atoms with Gasteiger partial charge in [-0.25, -0.2) is 0 Å². The summed E-state index contributed by atoms with van der Waals surface area (Å²) in [6.45, 7) is 4.49. The van der Waals surface area contributed by atoms with Crippen molar-refractivity contribution in [3.63, 3.8) is 0 Å². The standard InChI is InChI=1S/C42H79NO6S/c1-3-5-7-9-11-13-15-17-18-19-20-21-22-23-24-25-27-29-31-33-35-37-41(45)42(46)43-39(38-50(47,48)49)40(44)36-34-32-30-28-26-16-14-12-10-8-6-4-2/h22-23,26,28,34,36,39-41,44-45H,3-21,24-25,27,29-33,35,37-38H2,1-2H3,(H,43,46)(H,47,48,49)/b23-22-,28-26+,36-34+. The average molecular weight is 726 g/mol. The molecule has 294 valence electrons. The van der Waals surface area contributed by atoms with Gasteiger partial charge in [0, 0.05) is 0 Å². The Morgan fingerprint density at radius 2 is 0.900 bits per heavy atom. The molecule has 3 atom stereocenters. The number of hydrogen-bond donors (Lipinski definition) is 4. The van der Waals surface area contributed by atoms with Crippen LogP contribution in [-0.4, -0.2) is 53.1 Å². The summed E-state index contributed by atoms with van der Waals surface area (Å²) in [5.41, 5.74) is 0. The molecule has 0 heterocycles. The molecule has 0 saturated heterocycles. The second-order valence-corrected chi connectivity index (χ2v) is 15.9. The molecule has 0 rings (SSSR count). The van der Waals surface area contributed by atoms with E-state index in [1.807, 2.05) is 0 Å². The summed E-state index contributed by atoms with van der Waals surface area (Å²) in [6, 6.07) is -1.25. The van der Waals surface area contributed by atoms with E-state index in [0.717, 1.165) is 38.5 Å². The number of hydrogen-bond acceptors (Lipinski definition) is 5. The molecular weight excluding hydrogens is 647 g/mol. The topological polar surface area (TPSA) is 124 Å². The average Bonchev–Trinajstić information content (AvgIpc) is 3.08. The van der Waals surface area contributed by atoms with Crippen molar-refractivity contribution < 1.29 is 28.0 Å². The van der Waals surface area contributed by atoms with Gasteiger partial charge in [0.25, 0.3) is 10.1 Å². The zero-order valence-electron chi connectivity index (χ0n) is 32.4. The van der Waals surface area contributed by atoms with Gasteiger partial charge in [0.2, 0.25) is 5.91 Å². The van der Waals surface area contributed by atoms with Gasteiger partial charge in [-0.1, -0.05) is 179 Å². The van der Waals surface area contributed by atoms with Crippen molar-refractivity contribution in [2.75, 3.05) is 5.75 Å². The Morgan fingerprint density at radius 1 is 0.540 bits per heavy atom. The van der Waals surface area contributed by atoms with Crippen molar-refractivity contribution in [3.8, 4) is 0 Å². The van der Waals surface area contributed by atoms with Gasteiger partial charge in [-0.3, -0.25) is 9.35 Å². The van der Waals surface area contributed by atoms with E-state index in [1.165, 1.54) is 134 Å². The van der Waals surface area contributed by atoms with Gasteiger partial charge in [0.05, 0.1) is 17.9 Å². The number of nitrogens with one attached hydrogen (secondary N) is 1. The SMILES string of the molecule is CCCCCCCC/C=C/CC/C=C/C(O)C(CS(=O)(=O)O)NC(=O)C(O)CCCCCCCC/C=C\CCCCCCCCCCCCC. The van der Waals surface area contributed by atoms with Crippen molar-refractivity contribution in [2.45, 2.75) is 218 Å². The molecule has 0 aliphatic carbocycles. The van der Waals surface area contributed by atoms with Crippen LogP contribution in [0.5, 0.6) is 0 Å². The molecule has 1 amide bonds. The van der Waals surface area contributed by atoms with Crippen LogP contribution < -0.4 is 5.32 Å². The van der Waals surface area contributed by atoms with Crippen LogP contribution in [0.15, 0.2) is 36.5 Å². The highest BCUT2D eigenvalue weighted by Gasteiger charge is 2.27. The van der Waals surface area contributed by atoms with Gasteiger partial charge in [0.1, 0.15) is 6.10 Å². The number of amides is 1. The molecule has 0 fully saturated rings. The first-order valence-electron chi connectivity index (χ1n) is 20.8. The quantitative estimate of drug-likeness (QED) is 0.0287. The first-order chi connectivity index (χ1) is 24.2. The molecular formula is C42H79NO6S. The fourth-order valence-corrected chi connectivity index (χ4v) is 6.91. The summed E-state index contributed by atoms with van der Waals surface area (Å²) in [4.78, 5) is 12.6. The molecule has 0 radical (unpaired) electrons. The highest BCUT2D eigenvalue weighted by molar-refractivity contribution is 7.85. The zero-order valence-corrected chi connectivity index (χ0v) is 33.2. The van der Waals surface area contributed by atoms with E-state index < -0.39 is 40.0 Å². The van der Waals surface area contributed by atoms with Crippen LogP contribution in [0.25, 0.3) is 0 Å². The van der Waals surface area contributed by atoms with E-state index in [1.54, 1.807) is 6.08 Å². The van der Waals surface area contributed by atoms with E-state index in [4.69, 9.17) is 0 Å². The fraction of sp³-hybridized carbons (Fsp3) is 0.833. The normalized spacial score (nSPS) is 14.3. The maximum Gasteiger partial charge on any atom is 0.267 e. The molecule has 0 aromatic rings. The van der Waals surface area contributed by atoms with Crippen molar-refractivity contribution in [1.82, 2.24) is 5.32 Å². The van der Waals surface area contributed by atoms with Crippen LogP contribution >= 0.6 is 0 Å². The fourth-order valence-electron chi connectivity index (χ4n) is 6.17. The Labute approximate surface area is 309 Å². The predicted molar refractivity (Wildman–Crippen MR) is 213 cm³/mol. The minimum absolute atomic E-state index is 0.267. The second kappa shape index (κ2) is 35.9. The first kappa shape index (κ1) is 48.5. The van der Waals surface area contributed by atoms with Crippen molar-refractivity contribution in [1.29, 1.82) is 0 Å². The summed E-state index contributed by atoms with van der Waals surface area (Å²) >= 11 is 0. The number of carbonyl (C=O) groups excluding carboxylic acids is 1. The van der Waals surface area contributed by atoms with Crippen molar-refractivity contribution in [2.24, 2.45) is 0 Å². The van der Waals surface area contributed by atoms with Gasteiger partial charge >= 0.3 is 0 Å². The number of unbranched alkanes of at least 4 members (excludes halogenated alkanes) is 24. The summed E-state index contributed by atoms with van der Waals surface area (Å²) in [5, 5.41) is 23.3. The predicted octanol–water partition coefficient (Wildman–Crippen LogP) is 11.1. The molecule has 50 heavy (non-hydrogen) atoms. The van der Waals surface area contributed by atoms with E-state index in [-0.39, 0.29) is 6.42 Å². The third kappa shape index (κ3) is 34.9. The number of rotatable bonds is 37. The number of allylic oxidation sites excluding steroid dienone is 5. The number of aliphatic hydroxyl groups excluding tert-OH is 2. The van der Waals surface area contributed by atoms with Crippen LogP contribution in [0, 0.1) is 0 Å². The third-order valence-corrected chi connectivity index (χ3v) is 10.2. The molecule has 0 spiro atoms. The van der Waals surface area contributed by atoms with Gasteiger partial charge in [0.15, 0.2) is 0 Å². The molecule has 0 aliphatic heterocycles. The summed E-state index contributed by atoms with van der Waals surface area (Å²) in [5.74, 6) is -1.56. The monoisotopic (exact) mass is 726 g/mol. The Balaban J connectivity index is 4.01. The van der Waals surface area contributed by atoms with E-state index in [2.05, 4.69) is 43.5 Å². The number of aliphatic hydroxyl groups is 2. The Bertz CT molecular complexity index is 948. The highest BCUT2D eigenvalue weighted by Crippen LogP contribution is 2.14. The van der Waals surface area contributed by atoms with E-state index >= 15 is 0 Å². The molecule has 0 bridgehead atoms. The molecule has 3 unspecified atom stereocenters. The van der Waals surface area contributed by atoms with Crippen molar-refractivity contribution in [3.05, 3.63) is 36.5 Å². The van der Waals surface area contributed by atoms with Gasteiger partial charge in [-0.15, -0.1) is 0 Å². The van der Waals surface area contributed by atoms with Crippen molar-refractivity contribution >= 4 is 16.0 Å². The molecule has 0 saturated carbocycles. The molecule has 4 N–H and O–H groups in total. The van der Waals surface area contributed by atoms with Gasteiger partial charge in [-0.2, -0.15) is 8.42 Å². The lowest BCUT2D eigenvalue weighted by atomic mass is 10.0. The minimum atomic E-state index is -4.45. The largest absolute Gasteiger partial charge is 0.387 e. The summed E-state index contributed by atoms with van der Waals surface area (Å²) in [7, 11) is -4.45. The van der Waals surface area contributed by atoms with Crippen LogP contribution in [0.3, 0.4) is 0 Å². The smallest absolute Gasteiger partial charge is 0.267 e.